The highest BCUT2D eigenvalue weighted by atomic mass is 32.2. The van der Waals surface area contributed by atoms with E-state index in [0.29, 0.717) is 6.54 Å². The number of unbranched alkanes of at least 4 members (excludes halogenated alkanes) is 2. The number of sulfonamides is 1. The monoisotopic (exact) mass is 424 g/mol. The highest BCUT2D eigenvalue weighted by Gasteiger charge is 2.27. The number of rotatable bonds is 10. The van der Waals surface area contributed by atoms with Gasteiger partial charge in [0.1, 0.15) is 12.4 Å². The van der Waals surface area contributed by atoms with Crippen molar-refractivity contribution in [3.05, 3.63) is 54.3 Å². The van der Waals surface area contributed by atoms with Gasteiger partial charge in [-0.25, -0.2) is 12.8 Å². The molecule has 0 saturated heterocycles. The molecule has 1 N–H and O–H groups in total. The van der Waals surface area contributed by atoms with Crippen molar-refractivity contribution in [3.8, 4) is 0 Å². The van der Waals surface area contributed by atoms with E-state index in [9.17, 15) is 17.6 Å². The van der Waals surface area contributed by atoms with Gasteiger partial charge in [0.25, 0.3) is 10.0 Å². The van der Waals surface area contributed by atoms with E-state index in [1.165, 1.54) is 42.1 Å². The highest BCUT2D eigenvalue weighted by Crippen LogP contribution is 2.25. The molecular weight excluding hydrogens is 399 g/mol. The third-order valence-electron chi connectivity index (χ3n) is 4.13. The second kappa shape index (κ2) is 10.5. The molecule has 0 unspecified atom stereocenters. The Labute approximate surface area is 170 Å². The number of nitrogens with one attached hydrogen (secondary N) is 1. The van der Waals surface area contributed by atoms with Crippen LogP contribution in [0.1, 0.15) is 26.2 Å². The molecule has 28 heavy (non-hydrogen) atoms. The second-order valence-electron chi connectivity index (χ2n) is 6.22. The number of carbonyl (C=O) groups excluding carboxylic acids is 1. The zero-order valence-electron chi connectivity index (χ0n) is 16.0. The number of carbonyl (C=O) groups is 1. The molecule has 0 aromatic heterocycles. The number of benzene rings is 2. The first kappa shape index (κ1) is 22.2. The number of hydrogen-bond acceptors (Lipinski definition) is 4. The van der Waals surface area contributed by atoms with Crippen molar-refractivity contribution in [2.45, 2.75) is 36.0 Å². The molecule has 2 aromatic rings. The van der Waals surface area contributed by atoms with Crippen LogP contribution < -0.4 is 9.62 Å². The standard InChI is InChI=1S/C20H25FN2O3S2/c1-3-4-5-13-22-20(24)15-23(17-8-6-7-16(21)14-17)28(25,26)19-11-9-18(27-2)10-12-19/h6-12,14H,3-5,13,15H2,1-2H3,(H,22,24). The van der Waals surface area contributed by atoms with Gasteiger partial charge in [0, 0.05) is 11.4 Å². The van der Waals surface area contributed by atoms with Crippen LogP contribution in [0.4, 0.5) is 10.1 Å². The Morgan fingerprint density at radius 2 is 1.86 bits per heavy atom. The Balaban J connectivity index is 2.30. The predicted octanol–water partition coefficient (Wildman–Crippen LogP) is 4.05. The lowest BCUT2D eigenvalue weighted by atomic mass is 10.2. The zero-order chi connectivity index (χ0) is 20.6. The maximum absolute atomic E-state index is 13.7. The van der Waals surface area contributed by atoms with Crippen molar-refractivity contribution in [1.82, 2.24) is 5.32 Å². The van der Waals surface area contributed by atoms with Crippen molar-refractivity contribution in [2.75, 3.05) is 23.7 Å². The largest absolute Gasteiger partial charge is 0.355 e. The van der Waals surface area contributed by atoms with Crippen LogP contribution in [0.5, 0.6) is 0 Å². The second-order valence-corrected chi connectivity index (χ2v) is 8.97. The summed E-state index contributed by atoms with van der Waals surface area (Å²) in [5.41, 5.74) is 0.109. The van der Waals surface area contributed by atoms with Gasteiger partial charge in [-0.1, -0.05) is 25.8 Å². The lowest BCUT2D eigenvalue weighted by Gasteiger charge is -2.24. The van der Waals surface area contributed by atoms with Gasteiger partial charge in [-0.2, -0.15) is 0 Å². The van der Waals surface area contributed by atoms with Gasteiger partial charge in [0.2, 0.25) is 5.91 Å². The molecule has 0 spiro atoms. The minimum Gasteiger partial charge on any atom is -0.355 e. The normalized spacial score (nSPS) is 11.2. The van der Waals surface area contributed by atoms with E-state index < -0.39 is 28.3 Å². The fourth-order valence-corrected chi connectivity index (χ4v) is 4.43. The summed E-state index contributed by atoms with van der Waals surface area (Å²) in [4.78, 5) is 13.3. The van der Waals surface area contributed by atoms with Crippen LogP contribution in [0.3, 0.4) is 0 Å². The van der Waals surface area contributed by atoms with E-state index in [1.54, 1.807) is 12.1 Å². The summed E-state index contributed by atoms with van der Waals surface area (Å²) in [5, 5.41) is 2.73. The van der Waals surface area contributed by atoms with Gasteiger partial charge < -0.3 is 5.32 Å². The Kier molecular flexibility index (Phi) is 8.32. The van der Waals surface area contributed by atoms with Crippen molar-refractivity contribution in [2.24, 2.45) is 0 Å². The SMILES string of the molecule is CCCCCNC(=O)CN(c1cccc(F)c1)S(=O)(=O)c1ccc(SC)cc1. The number of halogens is 1. The van der Waals surface area contributed by atoms with Crippen LogP contribution in [0.2, 0.25) is 0 Å². The summed E-state index contributed by atoms with van der Waals surface area (Å²) in [6.07, 6.45) is 4.72. The summed E-state index contributed by atoms with van der Waals surface area (Å²) < 4.78 is 41.0. The summed E-state index contributed by atoms with van der Waals surface area (Å²) in [5.74, 6) is -0.997. The van der Waals surface area contributed by atoms with Crippen molar-refractivity contribution in [3.63, 3.8) is 0 Å². The molecule has 0 aliphatic rings. The number of amides is 1. The summed E-state index contributed by atoms with van der Waals surface area (Å²) in [7, 11) is -4.03. The van der Waals surface area contributed by atoms with Gasteiger partial charge in [-0.15, -0.1) is 11.8 Å². The first-order valence-electron chi connectivity index (χ1n) is 9.07. The topological polar surface area (TPSA) is 66.5 Å². The number of thioether (sulfide) groups is 1. The molecule has 2 aromatic carbocycles. The Morgan fingerprint density at radius 1 is 1.14 bits per heavy atom. The van der Waals surface area contributed by atoms with E-state index >= 15 is 0 Å². The van der Waals surface area contributed by atoms with Gasteiger partial charge in [-0.3, -0.25) is 9.10 Å². The third-order valence-corrected chi connectivity index (χ3v) is 6.66. The van der Waals surface area contributed by atoms with E-state index in [2.05, 4.69) is 12.2 Å². The Morgan fingerprint density at radius 3 is 2.46 bits per heavy atom. The maximum Gasteiger partial charge on any atom is 0.264 e. The molecule has 0 radical (unpaired) electrons. The van der Waals surface area contributed by atoms with E-state index in [4.69, 9.17) is 0 Å². The van der Waals surface area contributed by atoms with Gasteiger partial charge in [0.15, 0.2) is 0 Å². The molecule has 0 atom stereocenters. The molecule has 0 bridgehead atoms. The van der Waals surface area contributed by atoms with Crippen LogP contribution in [-0.4, -0.2) is 33.7 Å². The number of hydrogen-bond donors (Lipinski definition) is 1. The molecular formula is C20H25FN2O3S2. The summed E-state index contributed by atoms with van der Waals surface area (Å²) >= 11 is 1.50. The van der Waals surface area contributed by atoms with E-state index in [-0.39, 0.29) is 10.6 Å². The van der Waals surface area contributed by atoms with E-state index in [0.717, 1.165) is 34.5 Å². The molecule has 0 fully saturated rings. The summed E-state index contributed by atoms with van der Waals surface area (Å²) in [6, 6.07) is 11.6. The molecule has 0 aliphatic heterocycles. The Bertz CT molecular complexity index is 887. The Hall–Kier alpha value is -2.06. The molecule has 8 heteroatoms. The van der Waals surface area contributed by atoms with Crippen LogP contribution >= 0.6 is 11.8 Å². The fourth-order valence-electron chi connectivity index (χ4n) is 2.61. The third kappa shape index (κ3) is 5.97. The predicted molar refractivity (Wildman–Crippen MR) is 112 cm³/mol. The van der Waals surface area contributed by atoms with Crippen LogP contribution in [0, 0.1) is 5.82 Å². The molecule has 0 heterocycles. The summed E-state index contributed by atoms with van der Waals surface area (Å²) in [6.45, 7) is 2.12. The molecule has 1 amide bonds. The minimum absolute atomic E-state index is 0.0494. The zero-order valence-corrected chi connectivity index (χ0v) is 17.7. The van der Waals surface area contributed by atoms with Crippen LogP contribution in [0.15, 0.2) is 58.3 Å². The fraction of sp³-hybridized carbons (Fsp3) is 0.350. The van der Waals surface area contributed by atoms with Crippen molar-refractivity contribution in [1.29, 1.82) is 0 Å². The number of anilines is 1. The lowest BCUT2D eigenvalue weighted by Crippen LogP contribution is -2.41. The molecule has 0 aliphatic carbocycles. The first-order chi connectivity index (χ1) is 13.4. The first-order valence-corrected chi connectivity index (χ1v) is 11.7. The lowest BCUT2D eigenvalue weighted by molar-refractivity contribution is -0.119. The molecule has 0 saturated carbocycles. The molecule has 5 nitrogen and oxygen atoms in total. The number of nitrogens with zero attached hydrogens (tertiary/aromatic N) is 1. The maximum atomic E-state index is 13.7. The highest BCUT2D eigenvalue weighted by molar-refractivity contribution is 7.98. The smallest absolute Gasteiger partial charge is 0.264 e. The van der Waals surface area contributed by atoms with E-state index in [1.807, 2.05) is 6.26 Å². The van der Waals surface area contributed by atoms with Crippen molar-refractivity contribution < 1.29 is 17.6 Å². The van der Waals surface area contributed by atoms with Crippen LogP contribution in [-0.2, 0) is 14.8 Å². The molecule has 152 valence electrons. The minimum atomic E-state index is -4.03. The average molecular weight is 425 g/mol. The van der Waals surface area contributed by atoms with Gasteiger partial charge >= 0.3 is 0 Å². The average Bonchev–Trinajstić information content (AvgIpc) is 2.69. The van der Waals surface area contributed by atoms with Gasteiger partial charge in [-0.05, 0) is 55.1 Å². The quantitative estimate of drug-likeness (QED) is 0.462. The molecule has 2 rings (SSSR count). The van der Waals surface area contributed by atoms with Crippen LogP contribution in [0.25, 0.3) is 0 Å². The van der Waals surface area contributed by atoms with Crippen molar-refractivity contribution >= 4 is 33.4 Å². The van der Waals surface area contributed by atoms with Gasteiger partial charge in [0.05, 0.1) is 10.6 Å².